The van der Waals surface area contributed by atoms with Gasteiger partial charge in [-0.15, -0.1) is 5.10 Å². The number of anilines is 1. The molecule has 23 heavy (non-hydrogen) atoms. The molecule has 2 aromatic carbocycles. The van der Waals surface area contributed by atoms with Gasteiger partial charge in [0.15, 0.2) is 0 Å². The van der Waals surface area contributed by atoms with Gasteiger partial charge in [0.1, 0.15) is 5.82 Å². The first-order chi connectivity index (χ1) is 11.0. The number of amides is 1. The number of nitrogens with one attached hydrogen (secondary N) is 1. The number of carbonyl (C=O) groups excluding carboxylic acids is 1. The summed E-state index contributed by atoms with van der Waals surface area (Å²) in [6.07, 6.45) is 0. The molecule has 0 fully saturated rings. The summed E-state index contributed by atoms with van der Waals surface area (Å²) < 4.78 is 18.6. The Hall–Kier alpha value is -3.02. The molecule has 0 saturated carbocycles. The van der Waals surface area contributed by atoms with Gasteiger partial charge in [-0.2, -0.15) is 0 Å². The number of carbonyl (C=O) groups is 1. The van der Waals surface area contributed by atoms with Crippen LogP contribution in [0.15, 0.2) is 46.9 Å². The normalized spacial score (nSPS) is 10.6. The average Bonchev–Trinajstić information content (AvgIpc) is 2.95. The van der Waals surface area contributed by atoms with Crippen LogP contribution in [0.4, 0.5) is 10.4 Å². The van der Waals surface area contributed by atoms with Gasteiger partial charge in [0, 0.05) is 11.1 Å². The van der Waals surface area contributed by atoms with Gasteiger partial charge in [-0.3, -0.25) is 10.1 Å². The van der Waals surface area contributed by atoms with Crippen molar-refractivity contribution < 1.29 is 13.6 Å². The van der Waals surface area contributed by atoms with Crippen LogP contribution in [-0.2, 0) is 0 Å². The Bertz CT molecular complexity index is 854. The van der Waals surface area contributed by atoms with Crippen LogP contribution in [0.1, 0.15) is 21.5 Å². The van der Waals surface area contributed by atoms with E-state index in [2.05, 4.69) is 15.5 Å². The molecule has 0 aliphatic rings. The van der Waals surface area contributed by atoms with E-state index in [1.54, 1.807) is 24.3 Å². The summed E-state index contributed by atoms with van der Waals surface area (Å²) in [4.78, 5) is 12.2. The number of aromatic nitrogens is 2. The maximum atomic E-state index is 13.2. The topological polar surface area (TPSA) is 68.0 Å². The van der Waals surface area contributed by atoms with Crippen LogP contribution >= 0.6 is 0 Å². The molecule has 1 amide bonds. The second-order valence-corrected chi connectivity index (χ2v) is 5.25. The lowest BCUT2D eigenvalue weighted by Gasteiger charge is -2.03. The molecule has 0 bridgehead atoms. The highest BCUT2D eigenvalue weighted by molar-refractivity contribution is 6.03. The predicted octanol–water partition coefficient (Wildman–Crippen LogP) is 3.74. The third-order valence-corrected chi connectivity index (χ3v) is 3.20. The molecule has 0 saturated heterocycles. The fourth-order valence-corrected chi connectivity index (χ4v) is 2.29. The van der Waals surface area contributed by atoms with Gasteiger partial charge in [0.2, 0.25) is 5.89 Å². The second-order valence-electron chi connectivity index (χ2n) is 5.25. The molecule has 0 atom stereocenters. The number of halogens is 1. The zero-order valence-corrected chi connectivity index (χ0v) is 12.6. The van der Waals surface area contributed by atoms with Gasteiger partial charge in [0.05, 0.1) is 0 Å². The lowest BCUT2D eigenvalue weighted by atomic mass is 10.1. The number of aryl methyl sites for hydroxylation is 2. The average molecular weight is 311 g/mol. The molecule has 3 rings (SSSR count). The van der Waals surface area contributed by atoms with E-state index in [0.29, 0.717) is 11.1 Å². The van der Waals surface area contributed by atoms with E-state index < -0.39 is 5.82 Å². The summed E-state index contributed by atoms with van der Waals surface area (Å²) in [6.45, 7) is 3.83. The Kier molecular flexibility index (Phi) is 3.89. The Morgan fingerprint density at radius 2 is 1.83 bits per heavy atom. The molecule has 0 radical (unpaired) electrons. The summed E-state index contributed by atoms with van der Waals surface area (Å²) in [6, 6.07) is 11.3. The summed E-state index contributed by atoms with van der Waals surface area (Å²) in [5, 5.41) is 10.1. The maximum Gasteiger partial charge on any atom is 0.322 e. The Balaban J connectivity index is 1.80. The molecule has 0 unspecified atom stereocenters. The molecule has 0 spiro atoms. The summed E-state index contributed by atoms with van der Waals surface area (Å²) in [7, 11) is 0. The van der Waals surface area contributed by atoms with Crippen molar-refractivity contribution in [3.8, 4) is 11.5 Å². The zero-order valence-electron chi connectivity index (χ0n) is 12.6. The number of rotatable bonds is 3. The van der Waals surface area contributed by atoms with Gasteiger partial charge in [-0.1, -0.05) is 28.4 Å². The van der Waals surface area contributed by atoms with E-state index in [4.69, 9.17) is 4.42 Å². The van der Waals surface area contributed by atoms with Gasteiger partial charge < -0.3 is 4.42 Å². The van der Waals surface area contributed by atoms with Crippen LogP contribution in [0.2, 0.25) is 0 Å². The molecule has 116 valence electrons. The maximum absolute atomic E-state index is 13.2. The second kappa shape index (κ2) is 6.00. The van der Waals surface area contributed by atoms with E-state index in [0.717, 1.165) is 11.1 Å². The van der Waals surface area contributed by atoms with Crippen LogP contribution in [0.5, 0.6) is 0 Å². The van der Waals surface area contributed by atoms with Gasteiger partial charge in [-0.25, -0.2) is 4.39 Å². The molecular formula is C17H14FN3O2. The number of hydrogen-bond acceptors (Lipinski definition) is 4. The molecule has 6 heteroatoms. The van der Waals surface area contributed by atoms with Crippen molar-refractivity contribution in [3.63, 3.8) is 0 Å². The minimum Gasteiger partial charge on any atom is -0.403 e. The van der Waals surface area contributed by atoms with E-state index >= 15 is 0 Å². The van der Waals surface area contributed by atoms with Crippen molar-refractivity contribution in [1.29, 1.82) is 0 Å². The van der Waals surface area contributed by atoms with E-state index in [1.807, 2.05) is 19.9 Å². The van der Waals surface area contributed by atoms with Crippen molar-refractivity contribution in [2.24, 2.45) is 0 Å². The van der Waals surface area contributed by atoms with Crippen LogP contribution in [0.25, 0.3) is 11.5 Å². The van der Waals surface area contributed by atoms with Crippen LogP contribution in [-0.4, -0.2) is 16.1 Å². The molecule has 3 aromatic rings. The molecule has 1 heterocycles. The third-order valence-electron chi connectivity index (χ3n) is 3.20. The monoisotopic (exact) mass is 311 g/mol. The highest BCUT2D eigenvalue weighted by Crippen LogP contribution is 2.21. The summed E-state index contributed by atoms with van der Waals surface area (Å²) >= 11 is 0. The lowest BCUT2D eigenvalue weighted by Crippen LogP contribution is -2.12. The SMILES string of the molecule is Cc1cc(C)cc(C(=O)Nc2nnc(-c3cccc(F)c3)o2)c1. The van der Waals surface area contributed by atoms with Crippen molar-refractivity contribution in [1.82, 2.24) is 10.2 Å². The first kappa shape index (κ1) is 14.9. The highest BCUT2D eigenvalue weighted by Gasteiger charge is 2.13. The molecule has 0 aliphatic carbocycles. The van der Waals surface area contributed by atoms with Gasteiger partial charge in [0.25, 0.3) is 5.91 Å². The molecule has 1 N–H and O–H groups in total. The standard InChI is InChI=1S/C17H14FN3O2/c1-10-6-11(2)8-13(7-10)15(22)19-17-21-20-16(23-17)12-4-3-5-14(18)9-12/h3-9H,1-2H3,(H,19,21,22). The van der Waals surface area contributed by atoms with Crippen molar-refractivity contribution >= 4 is 11.9 Å². The molecular weight excluding hydrogens is 297 g/mol. The fraction of sp³-hybridized carbons (Fsp3) is 0.118. The summed E-state index contributed by atoms with van der Waals surface area (Å²) in [5.41, 5.74) is 2.93. The van der Waals surface area contributed by atoms with Crippen LogP contribution < -0.4 is 5.32 Å². The van der Waals surface area contributed by atoms with Gasteiger partial charge >= 0.3 is 6.01 Å². The van der Waals surface area contributed by atoms with Crippen molar-refractivity contribution in [3.05, 3.63) is 65.0 Å². The van der Waals surface area contributed by atoms with Crippen LogP contribution in [0.3, 0.4) is 0 Å². The van der Waals surface area contributed by atoms with E-state index in [9.17, 15) is 9.18 Å². The first-order valence-electron chi connectivity index (χ1n) is 7.00. The van der Waals surface area contributed by atoms with E-state index in [1.165, 1.54) is 12.1 Å². The number of nitrogens with zero attached hydrogens (tertiary/aromatic N) is 2. The largest absolute Gasteiger partial charge is 0.403 e. The first-order valence-corrected chi connectivity index (χ1v) is 7.00. The Morgan fingerprint density at radius 1 is 1.09 bits per heavy atom. The molecule has 0 aliphatic heterocycles. The number of hydrogen-bond donors (Lipinski definition) is 1. The van der Waals surface area contributed by atoms with Crippen molar-refractivity contribution in [2.45, 2.75) is 13.8 Å². The lowest BCUT2D eigenvalue weighted by molar-refractivity contribution is 0.102. The van der Waals surface area contributed by atoms with E-state index in [-0.39, 0.29) is 17.8 Å². The van der Waals surface area contributed by atoms with Gasteiger partial charge in [-0.05, 0) is 44.2 Å². The fourth-order valence-electron chi connectivity index (χ4n) is 2.29. The predicted molar refractivity (Wildman–Crippen MR) is 83.6 cm³/mol. The highest BCUT2D eigenvalue weighted by atomic mass is 19.1. The van der Waals surface area contributed by atoms with Crippen LogP contribution in [0, 0.1) is 19.7 Å². The minimum absolute atomic E-state index is 0.0339. The minimum atomic E-state index is -0.401. The number of benzene rings is 2. The van der Waals surface area contributed by atoms with Crippen molar-refractivity contribution in [2.75, 3.05) is 5.32 Å². The Morgan fingerprint density at radius 3 is 2.52 bits per heavy atom. The molecule has 5 nitrogen and oxygen atoms in total. The zero-order chi connectivity index (χ0) is 16.4. The smallest absolute Gasteiger partial charge is 0.322 e. The quantitative estimate of drug-likeness (QED) is 0.800. The molecule has 1 aromatic heterocycles. The Labute approximate surface area is 132 Å². The summed E-state index contributed by atoms with van der Waals surface area (Å²) in [5.74, 6) is -0.604. The third kappa shape index (κ3) is 3.42.